The van der Waals surface area contributed by atoms with Crippen LogP contribution < -0.4 is 14.9 Å². The molecule has 0 spiro atoms. The van der Waals surface area contributed by atoms with Gasteiger partial charge in [-0.2, -0.15) is 10.2 Å². The van der Waals surface area contributed by atoms with Crippen molar-refractivity contribution in [2.24, 2.45) is 5.10 Å². The summed E-state index contributed by atoms with van der Waals surface area (Å²) in [6.45, 7) is 3.93. The summed E-state index contributed by atoms with van der Waals surface area (Å²) in [5.41, 5.74) is 4.87. The standard InChI is InChI=1S/C21H22N4O4/c1-13(2)29-16-7-5-15(6-8-16)17-11-18(24-23-17)21(27)25-22-12-14-4-9-19(26)20(10-14)28-3/h4-13,26H,1-3H3,(H,23,24)(H,25,27). The van der Waals surface area contributed by atoms with E-state index in [4.69, 9.17) is 9.47 Å². The lowest BCUT2D eigenvalue weighted by atomic mass is 10.1. The molecule has 150 valence electrons. The number of phenols is 1. The molecule has 0 bridgehead atoms. The quantitative estimate of drug-likeness (QED) is 0.421. The highest BCUT2D eigenvalue weighted by molar-refractivity contribution is 5.94. The first kappa shape index (κ1) is 19.9. The molecule has 1 aromatic heterocycles. The number of nitrogens with one attached hydrogen (secondary N) is 2. The van der Waals surface area contributed by atoms with Gasteiger partial charge in [0.25, 0.3) is 5.91 Å². The van der Waals surface area contributed by atoms with Crippen molar-refractivity contribution in [3.63, 3.8) is 0 Å². The molecule has 0 radical (unpaired) electrons. The summed E-state index contributed by atoms with van der Waals surface area (Å²) in [7, 11) is 1.46. The Morgan fingerprint density at radius 3 is 2.66 bits per heavy atom. The van der Waals surface area contributed by atoms with Crippen molar-refractivity contribution in [1.29, 1.82) is 0 Å². The van der Waals surface area contributed by atoms with E-state index in [1.165, 1.54) is 19.4 Å². The number of hydrogen-bond acceptors (Lipinski definition) is 6. The minimum atomic E-state index is -0.425. The van der Waals surface area contributed by atoms with E-state index < -0.39 is 5.91 Å². The van der Waals surface area contributed by atoms with Crippen LogP contribution >= 0.6 is 0 Å². The van der Waals surface area contributed by atoms with Gasteiger partial charge in [-0.1, -0.05) is 0 Å². The van der Waals surface area contributed by atoms with E-state index in [1.807, 2.05) is 38.1 Å². The molecule has 0 fully saturated rings. The van der Waals surface area contributed by atoms with Crippen LogP contribution in [0.2, 0.25) is 0 Å². The summed E-state index contributed by atoms with van der Waals surface area (Å²) in [4.78, 5) is 12.3. The number of benzene rings is 2. The number of amides is 1. The molecule has 0 saturated heterocycles. The van der Waals surface area contributed by atoms with Crippen molar-refractivity contribution in [3.8, 4) is 28.5 Å². The van der Waals surface area contributed by atoms with Gasteiger partial charge in [0.2, 0.25) is 0 Å². The monoisotopic (exact) mass is 394 g/mol. The second-order valence-corrected chi connectivity index (χ2v) is 6.49. The van der Waals surface area contributed by atoms with Gasteiger partial charge in [0.15, 0.2) is 11.5 Å². The number of methoxy groups -OCH3 is 1. The lowest BCUT2D eigenvalue weighted by Gasteiger charge is -2.09. The predicted octanol–water partition coefficient (Wildman–Crippen LogP) is 3.34. The number of nitrogens with zero attached hydrogens (tertiary/aromatic N) is 2. The van der Waals surface area contributed by atoms with E-state index in [0.29, 0.717) is 17.0 Å². The van der Waals surface area contributed by atoms with Crippen molar-refractivity contribution >= 4 is 12.1 Å². The average molecular weight is 394 g/mol. The summed E-state index contributed by atoms with van der Waals surface area (Å²) >= 11 is 0. The lowest BCUT2D eigenvalue weighted by molar-refractivity contribution is 0.0950. The summed E-state index contributed by atoms with van der Waals surface area (Å²) in [6, 6.07) is 13.9. The zero-order chi connectivity index (χ0) is 20.8. The molecule has 8 heteroatoms. The molecule has 0 unspecified atom stereocenters. The Morgan fingerprint density at radius 2 is 1.97 bits per heavy atom. The Balaban J connectivity index is 1.63. The normalized spacial score (nSPS) is 11.0. The van der Waals surface area contributed by atoms with Crippen LogP contribution in [0.15, 0.2) is 53.6 Å². The lowest BCUT2D eigenvalue weighted by Crippen LogP contribution is -2.18. The van der Waals surface area contributed by atoms with Crippen LogP contribution in [0.25, 0.3) is 11.3 Å². The third-order valence-electron chi connectivity index (χ3n) is 3.93. The third kappa shape index (κ3) is 5.13. The molecule has 1 amide bonds. The van der Waals surface area contributed by atoms with Crippen LogP contribution in [0.3, 0.4) is 0 Å². The van der Waals surface area contributed by atoms with Crippen LogP contribution in [0.5, 0.6) is 17.2 Å². The molecule has 1 heterocycles. The number of aromatic nitrogens is 2. The first-order valence-electron chi connectivity index (χ1n) is 8.99. The number of H-pyrrole nitrogens is 1. The molecule has 3 rings (SSSR count). The van der Waals surface area contributed by atoms with Gasteiger partial charge in [0.05, 0.1) is 25.1 Å². The van der Waals surface area contributed by atoms with Gasteiger partial charge in [0.1, 0.15) is 11.4 Å². The minimum absolute atomic E-state index is 0.0301. The van der Waals surface area contributed by atoms with E-state index in [1.54, 1.807) is 18.2 Å². The van der Waals surface area contributed by atoms with Crippen LogP contribution in [0.1, 0.15) is 29.9 Å². The van der Waals surface area contributed by atoms with Crippen molar-refractivity contribution in [2.45, 2.75) is 20.0 Å². The number of aromatic hydroxyl groups is 1. The van der Waals surface area contributed by atoms with Crippen LogP contribution in [0.4, 0.5) is 0 Å². The van der Waals surface area contributed by atoms with Crippen molar-refractivity contribution in [2.75, 3.05) is 7.11 Å². The smallest absolute Gasteiger partial charge is 0.289 e. The fraction of sp³-hybridized carbons (Fsp3) is 0.190. The van der Waals surface area contributed by atoms with Crippen molar-refractivity contribution in [1.82, 2.24) is 15.6 Å². The molecule has 0 saturated carbocycles. The molecular weight excluding hydrogens is 372 g/mol. The molecular formula is C21H22N4O4. The van der Waals surface area contributed by atoms with E-state index in [0.717, 1.165) is 11.3 Å². The third-order valence-corrected chi connectivity index (χ3v) is 3.93. The number of phenolic OH excluding ortho intramolecular Hbond substituents is 1. The maximum atomic E-state index is 12.3. The van der Waals surface area contributed by atoms with E-state index in [9.17, 15) is 9.90 Å². The number of carbonyl (C=O) groups is 1. The van der Waals surface area contributed by atoms with Crippen LogP contribution in [-0.4, -0.2) is 40.6 Å². The molecule has 0 aliphatic heterocycles. The zero-order valence-corrected chi connectivity index (χ0v) is 16.3. The maximum absolute atomic E-state index is 12.3. The minimum Gasteiger partial charge on any atom is -0.504 e. The second-order valence-electron chi connectivity index (χ2n) is 6.49. The predicted molar refractivity (Wildman–Crippen MR) is 110 cm³/mol. The molecule has 3 aromatic rings. The summed E-state index contributed by atoms with van der Waals surface area (Å²) < 4.78 is 10.7. The first-order valence-corrected chi connectivity index (χ1v) is 8.99. The van der Waals surface area contributed by atoms with Gasteiger partial charge in [-0.05, 0) is 67.9 Å². The number of hydrazone groups is 1. The maximum Gasteiger partial charge on any atom is 0.289 e. The Hall–Kier alpha value is -3.81. The van der Waals surface area contributed by atoms with Gasteiger partial charge in [-0.25, -0.2) is 5.43 Å². The number of aromatic amines is 1. The topological polar surface area (TPSA) is 109 Å². The summed E-state index contributed by atoms with van der Waals surface area (Å²) in [6.07, 6.45) is 1.55. The Labute approximate surface area is 168 Å². The SMILES string of the molecule is COc1cc(C=NNC(=O)c2cc(-c3ccc(OC(C)C)cc3)n[nH]2)ccc1O. The average Bonchev–Trinajstić information content (AvgIpc) is 3.19. The molecule has 3 N–H and O–H groups in total. The molecule has 8 nitrogen and oxygen atoms in total. The Kier molecular flexibility index (Phi) is 6.13. The van der Waals surface area contributed by atoms with E-state index in [-0.39, 0.29) is 17.5 Å². The second kappa shape index (κ2) is 8.92. The summed E-state index contributed by atoms with van der Waals surface area (Å²) in [5.74, 6) is 0.703. The highest BCUT2D eigenvalue weighted by Gasteiger charge is 2.11. The molecule has 0 aliphatic carbocycles. The van der Waals surface area contributed by atoms with Gasteiger partial charge in [0, 0.05) is 5.56 Å². The highest BCUT2D eigenvalue weighted by atomic mass is 16.5. The van der Waals surface area contributed by atoms with Gasteiger partial charge in [-0.15, -0.1) is 0 Å². The zero-order valence-electron chi connectivity index (χ0n) is 16.3. The van der Waals surface area contributed by atoms with Crippen LogP contribution in [-0.2, 0) is 0 Å². The first-order chi connectivity index (χ1) is 14.0. The van der Waals surface area contributed by atoms with Gasteiger partial charge in [-0.3, -0.25) is 9.89 Å². The van der Waals surface area contributed by atoms with Gasteiger partial charge < -0.3 is 14.6 Å². The molecule has 2 aromatic carbocycles. The molecule has 29 heavy (non-hydrogen) atoms. The van der Waals surface area contributed by atoms with Crippen molar-refractivity contribution in [3.05, 3.63) is 59.8 Å². The Morgan fingerprint density at radius 1 is 1.21 bits per heavy atom. The fourth-order valence-corrected chi connectivity index (χ4v) is 2.56. The largest absolute Gasteiger partial charge is 0.504 e. The van der Waals surface area contributed by atoms with Gasteiger partial charge >= 0.3 is 0 Å². The number of hydrogen-bond donors (Lipinski definition) is 3. The van der Waals surface area contributed by atoms with E-state index in [2.05, 4.69) is 20.7 Å². The summed E-state index contributed by atoms with van der Waals surface area (Å²) in [5, 5.41) is 20.4. The molecule has 0 atom stereocenters. The highest BCUT2D eigenvalue weighted by Crippen LogP contribution is 2.25. The van der Waals surface area contributed by atoms with E-state index >= 15 is 0 Å². The number of rotatable bonds is 7. The van der Waals surface area contributed by atoms with Crippen LogP contribution in [0, 0.1) is 0 Å². The van der Waals surface area contributed by atoms with Crippen molar-refractivity contribution < 1.29 is 19.4 Å². The fourth-order valence-electron chi connectivity index (χ4n) is 2.56. The number of ether oxygens (including phenoxy) is 2. The Bertz CT molecular complexity index is 1010. The number of carbonyl (C=O) groups excluding carboxylic acids is 1. The molecule has 0 aliphatic rings.